The molecule has 1 N–H and O–H groups in total. The fraction of sp³-hybridized carbons (Fsp3) is 0.429. The van der Waals surface area contributed by atoms with Crippen molar-refractivity contribution in [2.24, 2.45) is 0 Å². The zero-order chi connectivity index (χ0) is 21.1. The molecule has 3 rings (SSSR count). The summed E-state index contributed by atoms with van der Waals surface area (Å²) in [6.07, 6.45) is 11.1. The molecule has 6 nitrogen and oxygen atoms in total. The fourth-order valence-corrected chi connectivity index (χ4v) is 4.65. The number of anilines is 1. The van der Waals surface area contributed by atoms with Gasteiger partial charge in [-0.2, -0.15) is 8.42 Å². The maximum Gasteiger partial charge on any atom is 0.264 e. The van der Waals surface area contributed by atoms with Gasteiger partial charge >= 0.3 is 0 Å². The summed E-state index contributed by atoms with van der Waals surface area (Å²) >= 11 is 3.50. The summed E-state index contributed by atoms with van der Waals surface area (Å²) < 4.78 is 33.8. The molecular weight excluding hydrogens is 456 g/mol. The van der Waals surface area contributed by atoms with Gasteiger partial charge in [0.1, 0.15) is 5.75 Å². The maximum absolute atomic E-state index is 11.3. The average Bonchev–Trinajstić information content (AvgIpc) is 2.92. The molecule has 1 aromatic rings. The first kappa shape index (κ1) is 21.9. The zero-order valence-corrected chi connectivity index (χ0v) is 19.3. The Balaban J connectivity index is 1.66. The van der Waals surface area contributed by atoms with Crippen molar-refractivity contribution < 1.29 is 17.3 Å². The van der Waals surface area contributed by atoms with Gasteiger partial charge in [-0.3, -0.25) is 4.18 Å². The summed E-state index contributed by atoms with van der Waals surface area (Å²) in [7, 11) is -1.77. The molecule has 2 aliphatic rings. The van der Waals surface area contributed by atoms with Crippen molar-refractivity contribution in [3.63, 3.8) is 0 Å². The summed E-state index contributed by atoms with van der Waals surface area (Å²) in [5.41, 5.74) is 3.24. The Morgan fingerprint density at radius 1 is 1.31 bits per heavy atom. The van der Waals surface area contributed by atoms with Gasteiger partial charge in [0.05, 0.1) is 25.5 Å². The first-order chi connectivity index (χ1) is 13.7. The average molecular weight is 483 g/mol. The van der Waals surface area contributed by atoms with E-state index in [9.17, 15) is 8.42 Å². The van der Waals surface area contributed by atoms with Crippen molar-refractivity contribution in [1.29, 1.82) is 0 Å². The van der Waals surface area contributed by atoms with Crippen molar-refractivity contribution in [3.8, 4) is 5.75 Å². The molecule has 0 spiro atoms. The number of nitrogens with zero attached hydrogens (tertiary/aromatic N) is 1. The molecule has 0 radical (unpaired) electrons. The van der Waals surface area contributed by atoms with Gasteiger partial charge < -0.3 is 15.0 Å². The van der Waals surface area contributed by atoms with E-state index >= 15 is 0 Å². The molecule has 0 bridgehead atoms. The van der Waals surface area contributed by atoms with Crippen LogP contribution in [0.4, 0.5) is 5.69 Å². The predicted molar refractivity (Wildman–Crippen MR) is 120 cm³/mol. The summed E-state index contributed by atoms with van der Waals surface area (Å²) in [6.45, 7) is 3.96. The topological polar surface area (TPSA) is 67.9 Å². The Morgan fingerprint density at radius 2 is 2.10 bits per heavy atom. The van der Waals surface area contributed by atoms with E-state index in [0.717, 1.165) is 47.2 Å². The molecule has 1 aromatic carbocycles. The molecule has 0 saturated heterocycles. The van der Waals surface area contributed by atoms with Gasteiger partial charge in [-0.25, -0.2) is 0 Å². The van der Waals surface area contributed by atoms with E-state index in [-0.39, 0.29) is 12.1 Å². The van der Waals surface area contributed by atoms with E-state index in [0.29, 0.717) is 6.42 Å². The van der Waals surface area contributed by atoms with Crippen LogP contribution in [0.15, 0.2) is 58.2 Å². The van der Waals surface area contributed by atoms with Gasteiger partial charge in [0.2, 0.25) is 0 Å². The molecule has 158 valence electrons. The largest absolute Gasteiger partial charge is 0.497 e. The second-order valence-electron chi connectivity index (χ2n) is 7.42. The van der Waals surface area contributed by atoms with Crippen molar-refractivity contribution >= 4 is 31.7 Å². The Morgan fingerprint density at radius 3 is 2.83 bits per heavy atom. The zero-order valence-electron chi connectivity index (χ0n) is 16.9. The van der Waals surface area contributed by atoms with Crippen LogP contribution in [0.5, 0.6) is 5.75 Å². The lowest BCUT2D eigenvalue weighted by atomic mass is 9.82. The van der Waals surface area contributed by atoms with E-state index in [1.165, 1.54) is 5.57 Å². The van der Waals surface area contributed by atoms with Crippen LogP contribution in [0.2, 0.25) is 0 Å². The van der Waals surface area contributed by atoms with Crippen LogP contribution in [0.3, 0.4) is 0 Å². The molecule has 1 atom stereocenters. The number of hydrogen-bond donors (Lipinski definition) is 1. The third kappa shape index (κ3) is 5.43. The number of rotatable bonds is 9. The first-order valence-corrected chi connectivity index (χ1v) is 12.1. The number of allylic oxidation sites excluding steroid dienone is 2. The number of hydrogen-bond acceptors (Lipinski definition) is 6. The van der Waals surface area contributed by atoms with Crippen LogP contribution in [-0.2, 0) is 14.3 Å². The Bertz CT molecular complexity index is 955. The van der Waals surface area contributed by atoms with E-state index in [4.69, 9.17) is 8.92 Å². The summed E-state index contributed by atoms with van der Waals surface area (Å²) in [5, 5.41) is 3.46. The van der Waals surface area contributed by atoms with E-state index in [1.807, 2.05) is 18.2 Å². The van der Waals surface area contributed by atoms with Gasteiger partial charge in [-0.05, 0) is 43.0 Å². The lowest BCUT2D eigenvalue weighted by Crippen LogP contribution is -2.43. The van der Waals surface area contributed by atoms with Gasteiger partial charge in [0.15, 0.2) is 0 Å². The third-order valence-electron chi connectivity index (χ3n) is 5.24. The minimum atomic E-state index is -3.43. The minimum absolute atomic E-state index is 0.119. The highest BCUT2D eigenvalue weighted by atomic mass is 79.9. The van der Waals surface area contributed by atoms with Gasteiger partial charge in [0.25, 0.3) is 10.1 Å². The molecule has 1 heterocycles. The minimum Gasteiger partial charge on any atom is -0.497 e. The summed E-state index contributed by atoms with van der Waals surface area (Å²) in [4.78, 5) is 2.33. The summed E-state index contributed by atoms with van der Waals surface area (Å²) in [5.74, 6) is 0.797. The van der Waals surface area contributed by atoms with Crippen molar-refractivity contribution in [2.45, 2.75) is 25.3 Å². The molecule has 0 aromatic heterocycles. The lowest BCUT2D eigenvalue weighted by molar-refractivity contribution is 0.230. The smallest absolute Gasteiger partial charge is 0.264 e. The lowest BCUT2D eigenvalue weighted by Gasteiger charge is -2.38. The van der Waals surface area contributed by atoms with Crippen LogP contribution < -0.4 is 10.1 Å². The number of halogens is 1. The second-order valence-corrected chi connectivity index (χ2v) is 9.98. The van der Waals surface area contributed by atoms with Crippen LogP contribution in [0.25, 0.3) is 0 Å². The fourth-order valence-electron chi connectivity index (χ4n) is 3.79. The Labute approximate surface area is 181 Å². The summed E-state index contributed by atoms with van der Waals surface area (Å²) in [6, 6.07) is 5.91. The molecule has 1 aliphatic carbocycles. The SMILES string of the molecule is COc1cc(Br)cc(NCCN2C=C(CCOS(C)(=O)=O)C3=CC=CCC32C)c1. The Hall–Kier alpha value is -1.77. The van der Waals surface area contributed by atoms with Crippen LogP contribution in [-0.4, -0.2) is 51.9 Å². The molecule has 0 fully saturated rings. The predicted octanol–water partition coefficient (Wildman–Crippen LogP) is 4.08. The van der Waals surface area contributed by atoms with Crippen molar-refractivity contribution in [3.05, 3.63) is 58.2 Å². The van der Waals surface area contributed by atoms with Gasteiger partial charge in [-0.1, -0.05) is 34.2 Å². The van der Waals surface area contributed by atoms with E-state index in [1.54, 1.807) is 7.11 Å². The number of ether oxygens (including phenoxy) is 1. The first-order valence-electron chi connectivity index (χ1n) is 9.49. The quantitative estimate of drug-likeness (QED) is 0.534. The van der Waals surface area contributed by atoms with Crippen LogP contribution >= 0.6 is 15.9 Å². The normalized spacial score (nSPS) is 20.9. The number of methoxy groups -OCH3 is 1. The molecule has 1 unspecified atom stereocenters. The third-order valence-corrected chi connectivity index (χ3v) is 6.30. The number of benzene rings is 1. The molecule has 1 aliphatic heterocycles. The van der Waals surface area contributed by atoms with Crippen molar-refractivity contribution in [1.82, 2.24) is 4.90 Å². The van der Waals surface area contributed by atoms with E-state index < -0.39 is 10.1 Å². The van der Waals surface area contributed by atoms with Gasteiger partial charge in [0, 0.05) is 35.5 Å². The van der Waals surface area contributed by atoms with Crippen LogP contribution in [0, 0.1) is 0 Å². The molecule has 0 amide bonds. The van der Waals surface area contributed by atoms with Crippen molar-refractivity contribution in [2.75, 3.05) is 38.4 Å². The van der Waals surface area contributed by atoms with Crippen LogP contribution in [0.1, 0.15) is 19.8 Å². The van der Waals surface area contributed by atoms with Gasteiger partial charge in [-0.15, -0.1) is 0 Å². The Kier molecular flexibility index (Phi) is 6.76. The molecule has 29 heavy (non-hydrogen) atoms. The molecule has 8 heteroatoms. The highest BCUT2D eigenvalue weighted by Crippen LogP contribution is 2.43. The second kappa shape index (κ2) is 8.93. The number of fused-ring (bicyclic) bond motifs is 1. The monoisotopic (exact) mass is 482 g/mol. The molecule has 0 saturated carbocycles. The molecular formula is C21H27BrN2O4S. The highest BCUT2D eigenvalue weighted by Gasteiger charge is 2.40. The standard InChI is InChI=1S/C21H27BrN2O4S/c1-21-8-5-4-6-20(21)16(7-11-28-29(3,25)26)15-24(21)10-9-23-18-12-17(22)13-19(14-18)27-2/h4-6,12-15,23H,7-11H2,1-3H3. The maximum atomic E-state index is 11.3. The number of nitrogens with one attached hydrogen (secondary N) is 1. The van der Waals surface area contributed by atoms with E-state index in [2.05, 4.69) is 57.5 Å². The highest BCUT2D eigenvalue weighted by molar-refractivity contribution is 9.10.